The first-order valence-electron chi connectivity index (χ1n) is 9.31. The predicted octanol–water partition coefficient (Wildman–Crippen LogP) is 3.55. The Morgan fingerprint density at radius 2 is 1.76 bits per heavy atom. The Balaban J connectivity index is 1.63. The molecular formula is C21H13ClN4O6S. The average Bonchev–Trinajstić information content (AvgIpc) is 2.80. The zero-order chi connectivity index (χ0) is 23.8. The van der Waals surface area contributed by atoms with Gasteiger partial charge in [-0.1, -0.05) is 6.07 Å². The first-order valence-corrected chi connectivity index (χ1v) is 11.2. The number of Topliss-reactive ketones (excluding diaryl/α,β-unsaturated/α-hetero) is 2. The Bertz CT molecular complexity index is 1420. The van der Waals surface area contributed by atoms with Crippen LogP contribution in [0.4, 0.5) is 17.2 Å². The van der Waals surface area contributed by atoms with Crippen molar-refractivity contribution in [2.24, 2.45) is 4.99 Å². The van der Waals surface area contributed by atoms with E-state index in [-0.39, 0.29) is 38.9 Å². The number of nitrogens with one attached hydrogen (secondary N) is 1. The quantitative estimate of drug-likeness (QED) is 0.330. The molecule has 2 aromatic carbocycles. The molecule has 1 aromatic heterocycles. The first-order chi connectivity index (χ1) is 15.7. The highest BCUT2D eigenvalue weighted by molar-refractivity contribution is 7.92. The number of carbonyl (C=O) groups excluding carboxylic acids is 2. The summed E-state index contributed by atoms with van der Waals surface area (Å²) in [6.45, 7) is 0. The van der Waals surface area contributed by atoms with Gasteiger partial charge >= 0.3 is 0 Å². The van der Waals surface area contributed by atoms with Crippen molar-refractivity contribution in [2.45, 2.75) is 10.3 Å². The summed E-state index contributed by atoms with van der Waals surface area (Å²) in [5.41, 5.74) is -0.588. The fourth-order valence-electron chi connectivity index (χ4n) is 3.13. The van der Waals surface area contributed by atoms with E-state index in [1.54, 1.807) is 12.1 Å². The maximum Gasteiger partial charge on any atom is 0.270 e. The third-order valence-electron chi connectivity index (χ3n) is 4.73. The number of halogens is 1. The van der Waals surface area contributed by atoms with Crippen LogP contribution in [0.1, 0.15) is 20.7 Å². The largest absolute Gasteiger partial charge is 0.292 e. The van der Waals surface area contributed by atoms with Gasteiger partial charge in [0.2, 0.25) is 5.78 Å². The minimum Gasteiger partial charge on any atom is -0.292 e. The van der Waals surface area contributed by atoms with Crippen LogP contribution in [0, 0.1) is 10.1 Å². The number of nitro groups is 1. The van der Waals surface area contributed by atoms with Crippen molar-refractivity contribution in [1.82, 2.24) is 4.98 Å². The second-order valence-electron chi connectivity index (χ2n) is 6.85. The lowest BCUT2D eigenvalue weighted by Crippen LogP contribution is -2.38. The van der Waals surface area contributed by atoms with E-state index < -0.39 is 31.9 Å². The molecule has 12 heteroatoms. The number of nitro benzene ring substituents is 1. The summed E-state index contributed by atoms with van der Waals surface area (Å²) in [4.78, 5) is 43.7. The van der Waals surface area contributed by atoms with Crippen molar-refractivity contribution >= 4 is 56.1 Å². The molecule has 0 bridgehead atoms. The normalized spacial score (nSPS) is 17.0. The lowest BCUT2D eigenvalue weighted by molar-refractivity contribution is -0.384. The Morgan fingerprint density at radius 1 is 1.03 bits per heavy atom. The van der Waals surface area contributed by atoms with Crippen LogP contribution in [0.5, 0.6) is 0 Å². The van der Waals surface area contributed by atoms with Crippen molar-refractivity contribution in [1.29, 1.82) is 0 Å². The van der Waals surface area contributed by atoms with Gasteiger partial charge in [0.1, 0.15) is 16.9 Å². The molecule has 3 aromatic rings. The molecule has 1 N–H and O–H groups in total. The van der Waals surface area contributed by atoms with Gasteiger partial charge in [-0.15, -0.1) is 11.6 Å². The lowest BCUT2D eigenvalue weighted by atomic mass is 9.87. The number of pyridine rings is 1. The number of carbonyl (C=O) groups is 2. The van der Waals surface area contributed by atoms with Crippen LogP contribution < -0.4 is 4.72 Å². The van der Waals surface area contributed by atoms with E-state index in [2.05, 4.69) is 14.7 Å². The molecule has 1 heterocycles. The molecule has 1 aliphatic carbocycles. The number of sulfonamides is 1. The van der Waals surface area contributed by atoms with Gasteiger partial charge < -0.3 is 0 Å². The van der Waals surface area contributed by atoms with Crippen LogP contribution in [0.25, 0.3) is 0 Å². The lowest BCUT2D eigenvalue weighted by Gasteiger charge is -2.19. The molecule has 0 radical (unpaired) electrons. The Hall–Kier alpha value is -3.96. The summed E-state index contributed by atoms with van der Waals surface area (Å²) >= 11 is 6.15. The number of alkyl halides is 1. The summed E-state index contributed by atoms with van der Waals surface area (Å²) in [6.07, 6.45) is 1.44. The zero-order valence-corrected chi connectivity index (χ0v) is 18.1. The Morgan fingerprint density at radius 3 is 2.39 bits per heavy atom. The minimum atomic E-state index is -3.91. The van der Waals surface area contributed by atoms with Crippen molar-refractivity contribution in [3.63, 3.8) is 0 Å². The second-order valence-corrected chi connectivity index (χ2v) is 8.97. The van der Waals surface area contributed by atoms with Gasteiger partial charge in [-0.05, 0) is 42.5 Å². The Labute approximate surface area is 192 Å². The molecule has 1 atom stereocenters. The van der Waals surface area contributed by atoms with E-state index >= 15 is 0 Å². The van der Waals surface area contributed by atoms with Gasteiger partial charge in [0.15, 0.2) is 5.78 Å². The molecule has 1 aliphatic rings. The SMILES string of the molecule is O=C1C(=Nc2ccc(S(=O)(=O)Nc3ccccn3)cc2)C(Cl)C(=O)c2cc([N+](=O)[O-])ccc21. The summed E-state index contributed by atoms with van der Waals surface area (Å²) < 4.78 is 27.4. The van der Waals surface area contributed by atoms with E-state index in [9.17, 15) is 28.1 Å². The monoisotopic (exact) mass is 484 g/mol. The van der Waals surface area contributed by atoms with Crippen LogP contribution >= 0.6 is 11.6 Å². The van der Waals surface area contributed by atoms with Gasteiger partial charge in [0.05, 0.1) is 15.5 Å². The number of anilines is 1. The molecule has 0 spiro atoms. The maximum atomic E-state index is 12.8. The summed E-state index contributed by atoms with van der Waals surface area (Å²) in [6, 6.07) is 13.3. The van der Waals surface area contributed by atoms with E-state index in [0.717, 1.165) is 12.1 Å². The zero-order valence-electron chi connectivity index (χ0n) is 16.5. The second kappa shape index (κ2) is 8.52. The molecule has 4 rings (SSSR count). The van der Waals surface area contributed by atoms with E-state index in [0.29, 0.717) is 0 Å². The van der Waals surface area contributed by atoms with Gasteiger partial charge in [-0.3, -0.25) is 24.4 Å². The van der Waals surface area contributed by atoms with E-state index in [4.69, 9.17) is 11.6 Å². The number of nitrogens with zero attached hydrogens (tertiary/aromatic N) is 3. The molecule has 0 saturated carbocycles. The number of non-ortho nitro benzene ring substituents is 1. The number of benzene rings is 2. The number of ketones is 2. The number of aliphatic imine (C=N–C) groups is 1. The highest BCUT2D eigenvalue weighted by Gasteiger charge is 2.38. The van der Waals surface area contributed by atoms with Gasteiger partial charge in [0, 0.05) is 29.5 Å². The summed E-state index contributed by atoms with van der Waals surface area (Å²) in [7, 11) is -3.91. The standard InChI is InChI=1S/C21H13ClN4O6S/c22-18-19(21(28)15-9-6-13(26(29)30)11-16(15)20(18)27)24-12-4-7-14(8-5-12)33(31,32)25-17-3-1-2-10-23-17/h1-11,18H,(H,23,25). The number of hydrogen-bond acceptors (Lipinski definition) is 8. The molecule has 10 nitrogen and oxygen atoms in total. The first kappa shape index (κ1) is 22.2. The fraction of sp³-hybridized carbons (Fsp3) is 0.0476. The molecule has 0 aliphatic heterocycles. The van der Waals surface area contributed by atoms with Gasteiger partial charge in [0.25, 0.3) is 15.7 Å². The topological polar surface area (TPSA) is 149 Å². The molecule has 0 amide bonds. The number of fused-ring (bicyclic) bond motifs is 1. The van der Waals surface area contributed by atoms with E-state index in [1.807, 2.05) is 0 Å². The molecule has 0 saturated heterocycles. The average molecular weight is 485 g/mol. The predicted molar refractivity (Wildman–Crippen MR) is 120 cm³/mol. The van der Waals surface area contributed by atoms with Crippen LogP contribution in [-0.4, -0.2) is 41.0 Å². The molecule has 0 fully saturated rings. The van der Waals surface area contributed by atoms with Crippen LogP contribution in [0.3, 0.4) is 0 Å². The van der Waals surface area contributed by atoms with Crippen LogP contribution in [0.15, 0.2) is 76.7 Å². The van der Waals surface area contributed by atoms with Gasteiger partial charge in [-0.2, -0.15) is 0 Å². The third-order valence-corrected chi connectivity index (χ3v) is 6.50. The maximum absolute atomic E-state index is 12.8. The number of aromatic nitrogens is 1. The van der Waals surface area contributed by atoms with Crippen molar-refractivity contribution in [3.05, 3.63) is 88.1 Å². The fourth-order valence-corrected chi connectivity index (χ4v) is 4.40. The van der Waals surface area contributed by atoms with Crippen molar-refractivity contribution in [3.8, 4) is 0 Å². The molecule has 1 unspecified atom stereocenters. The highest BCUT2D eigenvalue weighted by atomic mass is 35.5. The van der Waals surface area contributed by atoms with Crippen molar-refractivity contribution < 1.29 is 22.9 Å². The molecule has 166 valence electrons. The highest BCUT2D eigenvalue weighted by Crippen LogP contribution is 2.29. The van der Waals surface area contributed by atoms with Gasteiger partial charge in [-0.25, -0.2) is 18.4 Å². The summed E-state index contributed by atoms with van der Waals surface area (Å²) in [5.74, 6) is -1.18. The molecular weight excluding hydrogens is 472 g/mol. The van der Waals surface area contributed by atoms with Crippen LogP contribution in [0.2, 0.25) is 0 Å². The smallest absolute Gasteiger partial charge is 0.270 e. The Kier molecular flexibility index (Phi) is 5.75. The number of rotatable bonds is 5. The van der Waals surface area contributed by atoms with Crippen molar-refractivity contribution in [2.75, 3.05) is 4.72 Å². The third kappa shape index (κ3) is 4.36. The minimum absolute atomic E-state index is 0.0417. The molecule has 33 heavy (non-hydrogen) atoms. The summed E-state index contributed by atoms with van der Waals surface area (Å²) in [5, 5.41) is 9.52. The van der Waals surface area contributed by atoms with Crippen LogP contribution in [-0.2, 0) is 10.0 Å². The van der Waals surface area contributed by atoms with E-state index in [1.165, 1.54) is 42.6 Å². The number of hydrogen-bond donors (Lipinski definition) is 1.